The third-order valence-electron chi connectivity index (χ3n) is 11.9. The van der Waals surface area contributed by atoms with Crippen molar-refractivity contribution < 1.29 is 19.0 Å². The van der Waals surface area contributed by atoms with E-state index in [1.54, 1.807) is 0 Å². The summed E-state index contributed by atoms with van der Waals surface area (Å²) >= 11 is 0. The monoisotopic (exact) mass is 594 g/mol. The van der Waals surface area contributed by atoms with Crippen molar-refractivity contribution in [2.24, 2.45) is 17.3 Å². The van der Waals surface area contributed by atoms with Gasteiger partial charge in [-0.05, 0) is 46.6 Å². The van der Waals surface area contributed by atoms with E-state index in [0.29, 0.717) is 19.8 Å². The average Bonchev–Trinajstić information content (AvgIpc) is 3.01. The molecule has 0 aliphatic carbocycles. The number of unbranched alkanes of at least 4 members (excludes halogenated alkanes) is 12. The molecule has 2 fully saturated rings. The first-order valence-electron chi connectivity index (χ1n) is 18.2. The third kappa shape index (κ3) is 9.67. The number of esters is 1. The molecule has 0 N–H and O–H groups in total. The maximum absolute atomic E-state index is 12.9. The van der Waals surface area contributed by atoms with Gasteiger partial charge in [-0.15, -0.1) is 0 Å². The van der Waals surface area contributed by atoms with Crippen LogP contribution in [-0.2, 0) is 19.0 Å². The number of nitrogens with zero attached hydrogens (tertiary/aromatic N) is 1. The first-order chi connectivity index (χ1) is 20.0. The summed E-state index contributed by atoms with van der Waals surface area (Å²) in [6.45, 7) is 19.6. The smallest absolute Gasteiger partial charge is 0.308 e. The highest BCUT2D eigenvalue weighted by Gasteiger charge is 2.61. The molecule has 5 nitrogen and oxygen atoms in total. The fraction of sp³-hybridized carbons (Fsp3) is 0.973. The van der Waals surface area contributed by atoms with Gasteiger partial charge in [0.2, 0.25) is 0 Å². The molecule has 5 heteroatoms. The molecule has 2 saturated heterocycles. The van der Waals surface area contributed by atoms with Gasteiger partial charge in [-0.2, -0.15) is 0 Å². The summed E-state index contributed by atoms with van der Waals surface area (Å²) in [4.78, 5) is 15.5. The molecule has 2 heterocycles. The Bertz CT molecular complexity index is 763. The summed E-state index contributed by atoms with van der Waals surface area (Å²) < 4.78 is 19.5. The first kappa shape index (κ1) is 37.5. The second-order valence-electron chi connectivity index (χ2n) is 14.8. The summed E-state index contributed by atoms with van der Waals surface area (Å²) in [6.07, 6.45) is 22.2. The predicted octanol–water partition coefficient (Wildman–Crippen LogP) is 10.1. The van der Waals surface area contributed by atoms with E-state index in [4.69, 9.17) is 14.2 Å². The molecule has 0 aromatic heterocycles. The molecule has 0 radical (unpaired) electrons. The van der Waals surface area contributed by atoms with E-state index >= 15 is 0 Å². The van der Waals surface area contributed by atoms with Gasteiger partial charge in [-0.1, -0.05) is 125 Å². The van der Waals surface area contributed by atoms with Crippen molar-refractivity contribution in [1.82, 2.24) is 4.90 Å². The Morgan fingerprint density at radius 3 is 1.76 bits per heavy atom. The van der Waals surface area contributed by atoms with Crippen LogP contribution in [0.15, 0.2) is 0 Å². The number of carbonyl (C=O) groups is 1. The largest absolute Gasteiger partial charge is 0.465 e. The highest BCUT2D eigenvalue weighted by atomic mass is 16.7. The number of piperidine rings is 1. The number of carbonyl (C=O) groups excluding carboxylic acids is 1. The maximum Gasteiger partial charge on any atom is 0.308 e. The molecule has 4 unspecified atom stereocenters. The fourth-order valence-electron chi connectivity index (χ4n) is 7.42. The second kappa shape index (κ2) is 17.7. The minimum absolute atomic E-state index is 0.00925. The van der Waals surface area contributed by atoms with Crippen molar-refractivity contribution in [3.05, 3.63) is 0 Å². The summed E-state index contributed by atoms with van der Waals surface area (Å²) in [5, 5.41) is 0. The number of ether oxygens (including phenoxy) is 3. The molecule has 1 spiro atoms. The van der Waals surface area contributed by atoms with Crippen LogP contribution < -0.4 is 0 Å². The molecule has 0 bridgehead atoms. The van der Waals surface area contributed by atoms with Gasteiger partial charge in [0.15, 0.2) is 5.79 Å². The van der Waals surface area contributed by atoms with Gasteiger partial charge < -0.3 is 14.2 Å². The Labute approximate surface area is 261 Å². The molecule has 2 rings (SSSR count). The molecule has 2 aliphatic rings. The average molecular weight is 594 g/mol. The van der Waals surface area contributed by atoms with Gasteiger partial charge in [-0.3, -0.25) is 9.69 Å². The molecule has 0 saturated carbocycles. The van der Waals surface area contributed by atoms with Gasteiger partial charge in [0.25, 0.3) is 0 Å². The van der Waals surface area contributed by atoms with Crippen molar-refractivity contribution in [3.8, 4) is 0 Å². The van der Waals surface area contributed by atoms with Crippen molar-refractivity contribution >= 4 is 5.97 Å². The Balaban J connectivity index is 1.71. The normalized spacial score (nSPS) is 32.7. The molecule has 42 heavy (non-hydrogen) atoms. The molecule has 2 aliphatic heterocycles. The molecule has 0 aromatic rings. The number of likely N-dealkylation sites (tertiary alicyclic amines) is 1. The summed E-state index contributed by atoms with van der Waals surface area (Å²) in [5.41, 5.74) is -0.270. The van der Waals surface area contributed by atoms with E-state index in [-0.39, 0.29) is 34.3 Å². The maximum atomic E-state index is 12.9. The standard InChI is InChI=1S/C37H71NO4/c1-10-14-15-16-17-18-19-20-21-22-23-24-25-26-31(5)33(39)40-28-36(13-4)29-41-37(42-30-36)27-34(7,11-2)38(9)35(8,12-3)32(37)6/h31-32H,10-30H2,1-9H3. The van der Waals surface area contributed by atoms with Crippen LogP contribution in [0.2, 0.25) is 0 Å². The van der Waals surface area contributed by atoms with Crippen molar-refractivity contribution in [3.63, 3.8) is 0 Å². The second-order valence-corrected chi connectivity index (χ2v) is 14.8. The molecule has 248 valence electrons. The topological polar surface area (TPSA) is 48.0 Å². The Morgan fingerprint density at radius 1 is 0.810 bits per heavy atom. The fourth-order valence-corrected chi connectivity index (χ4v) is 7.42. The molecular weight excluding hydrogens is 522 g/mol. The lowest BCUT2D eigenvalue weighted by molar-refractivity contribution is -0.370. The molecule has 4 atom stereocenters. The molecular formula is C37H71NO4. The van der Waals surface area contributed by atoms with Crippen LogP contribution in [0.4, 0.5) is 0 Å². The van der Waals surface area contributed by atoms with E-state index in [1.807, 2.05) is 6.92 Å². The van der Waals surface area contributed by atoms with Gasteiger partial charge in [0.1, 0.15) is 6.61 Å². The zero-order chi connectivity index (χ0) is 31.3. The lowest BCUT2D eigenvalue weighted by Gasteiger charge is -2.64. The van der Waals surface area contributed by atoms with Gasteiger partial charge in [-0.25, -0.2) is 0 Å². The Kier molecular flexibility index (Phi) is 15.9. The van der Waals surface area contributed by atoms with Crippen molar-refractivity contribution in [2.45, 2.75) is 188 Å². The van der Waals surface area contributed by atoms with Gasteiger partial charge >= 0.3 is 5.97 Å². The van der Waals surface area contributed by atoms with Crippen LogP contribution in [0, 0.1) is 17.3 Å². The summed E-state index contributed by atoms with van der Waals surface area (Å²) in [7, 11) is 2.27. The zero-order valence-corrected chi connectivity index (χ0v) is 29.6. The van der Waals surface area contributed by atoms with E-state index in [1.165, 1.54) is 77.0 Å². The van der Waals surface area contributed by atoms with Gasteiger partial charge in [0, 0.05) is 23.4 Å². The zero-order valence-electron chi connectivity index (χ0n) is 29.6. The number of rotatable bonds is 20. The van der Waals surface area contributed by atoms with E-state index < -0.39 is 5.79 Å². The predicted molar refractivity (Wildman–Crippen MR) is 177 cm³/mol. The quantitative estimate of drug-likeness (QED) is 0.104. The van der Waals surface area contributed by atoms with Crippen LogP contribution in [-0.4, -0.2) is 54.6 Å². The van der Waals surface area contributed by atoms with Crippen LogP contribution >= 0.6 is 0 Å². The lowest BCUT2D eigenvalue weighted by Crippen LogP contribution is -2.73. The lowest BCUT2D eigenvalue weighted by atomic mass is 9.65. The Morgan fingerprint density at radius 2 is 1.31 bits per heavy atom. The minimum Gasteiger partial charge on any atom is -0.465 e. The number of hydrogen-bond donors (Lipinski definition) is 0. The van der Waals surface area contributed by atoms with Gasteiger partial charge in [0.05, 0.1) is 24.5 Å². The SMILES string of the molecule is CCCCCCCCCCCCCCCC(C)C(=O)OCC1(CC)COC2(CC(C)(CC)N(C)C(C)(CC)C2C)OC1. The molecule has 0 aromatic carbocycles. The summed E-state index contributed by atoms with van der Waals surface area (Å²) in [6, 6.07) is 0. The van der Waals surface area contributed by atoms with Crippen molar-refractivity contribution in [1.29, 1.82) is 0 Å². The Hall–Kier alpha value is -0.650. The van der Waals surface area contributed by atoms with Crippen LogP contribution in [0.1, 0.15) is 171 Å². The third-order valence-corrected chi connectivity index (χ3v) is 11.9. The molecule has 0 amide bonds. The van der Waals surface area contributed by atoms with Crippen LogP contribution in [0.5, 0.6) is 0 Å². The van der Waals surface area contributed by atoms with Crippen LogP contribution in [0.25, 0.3) is 0 Å². The van der Waals surface area contributed by atoms with Crippen molar-refractivity contribution in [2.75, 3.05) is 26.9 Å². The van der Waals surface area contributed by atoms with E-state index in [9.17, 15) is 4.79 Å². The first-order valence-corrected chi connectivity index (χ1v) is 18.2. The summed E-state index contributed by atoms with van der Waals surface area (Å²) in [5.74, 6) is -0.469. The highest BCUT2D eigenvalue weighted by Crippen LogP contribution is 2.53. The minimum atomic E-state index is -0.591. The van der Waals surface area contributed by atoms with E-state index in [2.05, 4.69) is 60.4 Å². The van der Waals surface area contributed by atoms with Crippen LogP contribution in [0.3, 0.4) is 0 Å². The van der Waals surface area contributed by atoms with E-state index in [0.717, 1.165) is 38.5 Å². The highest BCUT2D eigenvalue weighted by molar-refractivity contribution is 5.71. The number of hydrogen-bond acceptors (Lipinski definition) is 5.